The van der Waals surface area contributed by atoms with Crippen LogP contribution in [0.2, 0.25) is 0 Å². The van der Waals surface area contributed by atoms with Crippen molar-refractivity contribution >= 4 is 23.1 Å². The summed E-state index contributed by atoms with van der Waals surface area (Å²) in [6.45, 7) is -1.65. The summed E-state index contributed by atoms with van der Waals surface area (Å²) in [4.78, 5) is 25.7. The zero-order chi connectivity index (χ0) is 19.6. The van der Waals surface area contributed by atoms with Crippen LogP contribution in [0.25, 0.3) is 28.5 Å². The number of aromatic nitrogens is 4. The van der Waals surface area contributed by atoms with Crippen molar-refractivity contribution in [3.63, 3.8) is 0 Å². The van der Waals surface area contributed by atoms with Crippen LogP contribution in [0.5, 0.6) is 5.88 Å². The standard InChI is InChI=1S/C16H11F4N5O2/c17-10-3-9(5-24-15(10)27-7-16(18,19)20)11-6-23-14-13(25-11)8(4-22-14)1-2-12(21)26/h1-6H,7H2,(H2,21,26)(H,22,23). The van der Waals surface area contributed by atoms with Crippen LogP contribution in [0.3, 0.4) is 0 Å². The summed E-state index contributed by atoms with van der Waals surface area (Å²) >= 11 is 0. The van der Waals surface area contributed by atoms with Crippen molar-refractivity contribution in [2.75, 3.05) is 6.61 Å². The highest BCUT2D eigenvalue weighted by Crippen LogP contribution is 2.25. The van der Waals surface area contributed by atoms with Crippen molar-refractivity contribution in [1.82, 2.24) is 19.9 Å². The lowest BCUT2D eigenvalue weighted by atomic mass is 10.2. The topological polar surface area (TPSA) is 107 Å². The van der Waals surface area contributed by atoms with Crippen molar-refractivity contribution in [1.29, 1.82) is 0 Å². The highest BCUT2D eigenvalue weighted by molar-refractivity contribution is 5.93. The number of carbonyl (C=O) groups excluding carboxylic acids is 1. The molecular formula is C16H11F4N5O2. The molecule has 3 aromatic rings. The summed E-state index contributed by atoms with van der Waals surface area (Å²) in [7, 11) is 0. The highest BCUT2D eigenvalue weighted by Gasteiger charge is 2.29. The van der Waals surface area contributed by atoms with E-state index in [1.54, 1.807) is 6.20 Å². The van der Waals surface area contributed by atoms with E-state index >= 15 is 0 Å². The first kappa shape index (κ1) is 18.3. The van der Waals surface area contributed by atoms with Crippen LogP contribution in [0, 0.1) is 5.82 Å². The maximum Gasteiger partial charge on any atom is 0.422 e. The quantitative estimate of drug-likeness (QED) is 0.522. The SMILES string of the molecule is NC(=O)C=Cc1c[nH]c2ncc(-c3cnc(OCC(F)(F)F)c(F)c3)nc12. The van der Waals surface area contributed by atoms with Gasteiger partial charge in [0, 0.05) is 29.6 Å². The van der Waals surface area contributed by atoms with E-state index in [0.717, 1.165) is 18.3 Å². The number of alkyl halides is 3. The first-order chi connectivity index (χ1) is 12.7. The number of rotatable bonds is 5. The second kappa shape index (κ2) is 7.02. The van der Waals surface area contributed by atoms with Gasteiger partial charge in [-0.3, -0.25) is 4.79 Å². The number of aromatic amines is 1. The smallest absolute Gasteiger partial charge is 0.422 e. The summed E-state index contributed by atoms with van der Waals surface area (Å²) in [6.07, 6.45) is 1.99. The van der Waals surface area contributed by atoms with Crippen molar-refractivity contribution < 1.29 is 27.1 Å². The summed E-state index contributed by atoms with van der Waals surface area (Å²) in [5.41, 5.74) is 6.80. The van der Waals surface area contributed by atoms with E-state index in [1.165, 1.54) is 12.3 Å². The Hall–Kier alpha value is -3.50. The monoisotopic (exact) mass is 381 g/mol. The molecule has 1 amide bonds. The highest BCUT2D eigenvalue weighted by atomic mass is 19.4. The van der Waals surface area contributed by atoms with Crippen molar-refractivity contribution in [3.05, 3.63) is 42.1 Å². The normalized spacial score (nSPS) is 12.0. The Balaban J connectivity index is 1.92. The van der Waals surface area contributed by atoms with E-state index in [9.17, 15) is 22.4 Å². The van der Waals surface area contributed by atoms with Gasteiger partial charge < -0.3 is 15.5 Å². The number of halogens is 4. The van der Waals surface area contributed by atoms with Gasteiger partial charge in [-0.25, -0.2) is 19.3 Å². The second-order valence-corrected chi connectivity index (χ2v) is 5.35. The maximum absolute atomic E-state index is 14.0. The summed E-state index contributed by atoms with van der Waals surface area (Å²) < 4.78 is 54.8. The average molecular weight is 381 g/mol. The Labute approximate surface area is 148 Å². The zero-order valence-electron chi connectivity index (χ0n) is 13.4. The predicted octanol–water partition coefficient (Wildman–Crippen LogP) is 2.60. The molecule has 0 aliphatic carbocycles. The number of primary amides is 1. The molecule has 3 heterocycles. The molecule has 0 fully saturated rings. The fourth-order valence-corrected chi connectivity index (χ4v) is 2.17. The number of amides is 1. The lowest BCUT2D eigenvalue weighted by molar-refractivity contribution is -0.154. The number of carbonyl (C=O) groups is 1. The molecule has 0 aliphatic heterocycles. The van der Waals surface area contributed by atoms with Crippen molar-refractivity contribution in [2.45, 2.75) is 6.18 Å². The zero-order valence-corrected chi connectivity index (χ0v) is 13.4. The molecule has 0 spiro atoms. The molecule has 3 aromatic heterocycles. The van der Waals surface area contributed by atoms with Gasteiger partial charge >= 0.3 is 6.18 Å². The van der Waals surface area contributed by atoms with Gasteiger partial charge in [0.1, 0.15) is 5.52 Å². The average Bonchev–Trinajstić information content (AvgIpc) is 3.00. The Morgan fingerprint density at radius 1 is 1.30 bits per heavy atom. The number of nitrogens with two attached hydrogens (primary N) is 1. The number of hydrogen-bond donors (Lipinski definition) is 2. The molecule has 0 radical (unpaired) electrons. The minimum atomic E-state index is -4.60. The lowest BCUT2D eigenvalue weighted by Gasteiger charge is -2.09. The van der Waals surface area contributed by atoms with E-state index in [2.05, 4.69) is 24.7 Å². The van der Waals surface area contributed by atoms with Gasteiger partial charge in [-0.2, -0.15) is 13.2 Å². The molecule has 27 heavy (non-hydrogen) atoms. The molecule has 0 unspecified atom stereocenters. The number of nitrogens with zero attached hydrogens (tertiary/aromatic N) is 3. The van der Waals surface area contributed by atoms with Gasteiger partial charge in [0.05, 0.1) is 11.9 Å². The first-order valence-corrected chi connectivity index (χ1v) is 7.40. The maximum atomic E-state index is 14.0. The van der Waals surface area contributed by atoms with Gasteiger partial charge in [0.2, 0.25) is 5.91 Å². The molecule has 0 saturated heterocycles. The summed E-state index contributed by atoms with van der Waals surface area (Å²) in [6, 6.07) is 0.945. The van der Waals surface area contributed by atoms with E-state index in [-0.39, 0.29) is 11.3 Å². The van der Waals surface area contributed by atoms with Crippen molar-refractivity contribution in [2.24, 2.45) is 5.73 Å². The van der Waals surface area contributed by atoms with E-state index in [1.807, 2.05) is 0 Å². The number of nitrogens with one attached hydrogen (secondary N) is 1. The van der Waals surface area contributed by atoms with Crippen LogP contribution in [-0.4, -0.2) is 38.6 Å². The Bertz CT molecular complexity index is 1030. The predicted molar refractivity (Wildman–Crippen MR) is 86.9 cm³/mol. The van der Waals surface area contributed by atoms with Crippen LogP contribution in [-0.2, 0) is 4.79 Å². The third-order valence-corrected chi connectivity index (χ3v) is 3.31. The van der Waals surface area contributed by atoms with Crippen LogP contribution in [0.15, 0.2) is 30.7 Å². The summed E-state index contributed by atoms with van der Waals surface area (Å²) in [5.74, 6) is -2.48. The Morgan fingerprint density at radius 3 is 2.74 bits per heavy atom. The Kier molecular flexibility index (Phi) is 4.75. The number of hydrogen-bond acceptors (Lipinski definition) is 5. The van der Waals surface area contributed by atoms with Crippen molar-refractivity contribution in [3.8, 4) is 17.1 Å². The van der Waals surface area contributed by atoms with Crippen LogP contribution < -0.4 is 10.5 Å². The molecule has 11 heteroatoms. The number of ether oxygens (including phenoxy) is 1. The largest absolute Gasteiger partial charge is 0.466 e. The molecule has 0 aromatic carbocycles. The fourth-order valence-electron chi connectivity index (χ4n) is 2.17. The molecule has 3 rings (SSSR count). The molecule has 0 atom stereocenters. The molecule has 0 aliphatic rings. The van der Waals surface area contributed by atoms with E-state index in [4.69, 9.17) is 5.73 Å². The van der Waals surface area contributed by atoms with Gasteiger partial charge in [-0.15, -0.1) is 0 Å². The third kappa shape index (κ3) is 4.37. The van der Waals surface area contributed by atoms with Crippen LogP contribution >= 0.6 is 0 Å². The first-order valence-electron chi connectivity index (χ1n) is 7.40. The molecule has 140 valence electrons. The molecule has 0 bridgehead atoms. The van der Waals surface area contributed by atoms with E-state index in [0.29, 0.717) is 16.7 Å². The molecule has 3 N–H and O–H groups in total. The molecule has 7 nitrogen and oxygen atoms in total. The van der Waals surface area contributed by atoms with Crippen LogP contribution in [0.4, 0.5) is 17.6 Å². The lowest BCUT2D eigenvalue weighted by Crippen LogP contribution is -2.20. The number of fused-ring (bicyclic) bond motifs is 1. The Morgan fingerprint density at radius 2 is 2.07 bits per heavy atom. The fraction of sp³-hybridized carbons (Fsp3) is 0.125. The minimum absolute atomic E-state index is 0.187. The number of H-pyrrole nitrogens is 1. The van der Waals surface area contributed by atoms with Gasteiger partial charge in [0.15, 0.2) is 18.1 Å². The minimum Gasteiger partial charge on any atom is -0.466 e. The molecular weight excluding hydrogens is 370 g/mol. The third-order valence-electron chi connectivity index (χ3n) is 3.31. The van der Waals surface area contributed by atoms with Gasteiger partial charge in [-0.1, -0.05) is 0 Å². The van der Waals surface area contributed by atoms with E-state index < -0.39 is 30.4 Å². The van der Waals surface area contributed by atoms with Gasteiger partial charge in [0.25, 0.3) is 5.88 Å². The molecule has 0 saturated carbocycles. The number of pyridine rings is 1. The second-order valence-electron chi connectivity index (χ2n) is 5.35. The summed E-state index contributed by atoms with van der Waals surface area (Å²) in [5, 5.41) is 0. The van der Waals surface area contributed by atoms with Gasteiger partial charge in [-0.05, 0) is 12.1 Å². The van der Waals surface area contributed by atoms with Crippen LogP contribution in [0.1, 0.15) is 5.56 Å².